The quantitative estimate of drug-likeness (QED) is 0.248. The van der Waals surface area contributed by atoms with Crippen LogP contribution in [-0.4, -0.2) is 73.6 Å². The maximum Gasteiger partial charge on any atom is 0.416 e. The van der Waals surface area contributed by atoms with Gasteiger partial charge in [0.2, 0.25) is 5.91 Å². The summed E-state index contributed by atoms with van der Waals surface area (Å²) in [5.74, 6) is -0.453. The van der Waals surface area contributed by atoms with Gasteiger partial charge in [0.15, 0.2) is 0 Å². The van der Waals surface area contributed by atoms with Crippen molar-refractivity contribution in [3.63, 3.8) is 0 Å². The van der Waals surface area contributed by atoms with Gasteiger partial charge in [0, 0.05) is 61.3 Å². The zero-order valence-corrected chi connectivity index (χ0v) is 25.8. The number of anilines is 2. The monoisotopic (exact) mass is 656 g/mol. The van der Waals surface area contributed by atoms with E-state index >= 15 is 0 Å². The number of likely N-dealkylation sites (N-methyl/N-ethyl adjacent to an activating group) is 1. The molecule has 14 heteroatoms. The molecule has 0 bridgehead atoms. The van der Waals surface area contributed by atoms with Crippen molar-refractivity contribution in [2.75, 3.05) is 37.7 Å². The number of rotatable bonds is 7. The van der Waals surface area contributed by atoms with Gasteiger partial charge in [-0.1, -0.05) is 30.3 Å². The zero-order chi connectivity index (χ0) is 34.0. The Morgan fingerprint density at radius 1 is 1.00 bits per heavy atom. The number of likely N-dealkylation sites (tertiary alicyclic amines) is 1. The molecule has 2 aromatic carbocycles. The second kappa shape index (κ2) is 13.1. The number of carbonyl (C=O) groups excluding carboxylic acids is 3. The van der Waals surface area contributed by atoms with Crippen molar-refractivity contribution in [3.05, 3.63) is 108 Å². The van der Waals surface area contributed by atoms with E-state index in [0.29, 0.717) is 41.3 Å². The Morgan fingerprint density at radius 2 is 1.75 bits per heavy atom. The molecule has 1 fully saturated rings. The summed E-state index contributed by atoms with van der Waals surface area (Å²) in [5, 5.41) is 2.40. The molecule has 1 saturated heterocycles. The van der Waals surface area contributed by atoms with Crippen LogP contribution in [0.4, 0.5) is 24.8 Å². The molecule has 1 aliphatic heterocycles. The Kier molecular flexibility index (Phi) is 8.80. The molecule has 0 saturated carbocycles. The molecule has 1 aliphatic rings. The number of nitrogens with zero attached hydrogens (tertiary/aromatic N) is 6. The largest absolute Gasteiger partial charge is 0.416 e. The van der Waals surface area contributed by atoms with Crippen LogP contribution in [0.3, 0.4) is 0 Å². The minimum Gasteiger partial charge on any atom is -0.382 e. The number of carbonyl (C=O) groups is 3. The van der Waals surface area contributed by atoms with E-state index < -0.39 is 17.6 Å². The van der Waals surface area contributed by atoms with Gasteiger partial charge in [0.1, 0.15) is 28.7 Å². The summed E-state index contributed by atoms with van der Waals surface area (Å²) in [4.78, 5) is 55.2. The maximum atomic E-state index is 13.3. The SMILES string of the molecule is CN(CC(=O)N1CCCC(c2nc(-c3ccc(C(=O)Nc4cc(C(F)(F)F)ccn4)cc3)c3c(N)nccn23)C1)C(=O)c1ccccc1. The number of nitrogen functional groups attached to an aromatic ring is 1. The first-order valence-corrected chi connectivity index (χ1v) is 15.2. The minimum absolute atomic E-state index is 0.0609. The topological polar surface area (TPSA) is 139 Å². The normalized spacial score (nSPS) is 14.9. The lowest BCUT2D eigenvalue weighted by Crippen LogP contribution is -2.45. The highest BCUT2D eigenvalue weighted by atomic mass is 19.4. The number of benzene rings is 2. The van der Waals surface area contributed by atoms with E-state index in [4.69, 9.17) is 10.7 Å². The molecule has 4 heterocycles. The van der Waals surface area contributed by atoms with Crippen LogP contribution in [-0.2, 0) is 11.0 Å². The van der Waals surface area contributed by atoms with E-state index in [1.54, 1.807) is 60.7 Å². The first kappa shape index (κ1) is 32.2. The van der Waals surface area contributed by atoms with Gasteiger partial charge in [-0.3, -0.25) is 18.8 Å². The molecule has 1 unspecified atom stereocenters. The fourth-order valence-corrected chi connectivity index (χ4v) is 5.81. The van der Waals surface area contributed by atoms with Crippen LogP contribution in [0, 0.1) is 0 Å². The smallest absolute Gasteiger partial charge is 0.382 e. The molecule has 6 rings (SSSR count). The summed E-state index contributed by atoms with van der Waals surface area (Å²) >= 11 is 0. The van der Waals surface area contributed by atoms with Crippen LogP contribution in [0.1, 0.15) is 50.9 Å². The van der Waals surface area contributed by atoms with Crippen LogP contribution in [0.5, 0.6) is 0 Å². The summed E-state index contributed by atoms with van der Waals surface area (Å²) in [6.45, 7) is 0.895. The van der Waals surface area contributed by atoms with Gasteiger partial charge in [0.05, 0.1) is 12.1 Å². The van der Waals surface area contributed by atoms with Gasteiger partial charge in [-0.05, 0) is 49.2 Å². The van der Waals surface area contributed by atoms with Crippen molar-refractivity contribution in [1.29, 1.82) is 0 Å². The Labute approximate surface area is 273 Å². The number of hydrogen-bond donors (Lipinski definition) is 2. The molecule has 48 heavy (non-hydrogen) atoms. The van der Waals surface area contributed by atoms with Crippen molar-refractivity contribution in [2.45, 2.75) is 24.9 Å². The molecular weight excluding hydrogens is 625 g/mol. The number of nitrogens with one attached hydrogen (secondary N) is 1. The van der Waals surface area contributed by atoms with E-state index in [9.17, 15) is 27.6 Å². The fourth-order valence-electron chi connectivity index (χ4n) is 5.81. The minimum atomic E-state index is -4.57. The zero-order valence-electron chi connectivity index (χ0n) is 25.8. The second-order valence-corrected chi connectivity index (χ2v) is 11.5. The van der Waals surface area contributed by atoms with E-state index in [-0.39, 0.29) is 41.5 Å². The number of amides is 3. The molecule has 1 atom stereocenters. The number of hydrogen-bond acceptors (Lipinski definition) is 7. The molecular formula is C34H31F3N8O3. The molecule has 3 aromatic heterocycles. The van der Waals surface area contributed by atoms with E-state index in [1.165, 1.54) is 17.0 Å². The lowest BCUT2D eigenvalue weighted by molar-refractivity contribution is -0.137. The average Bonchev–Trinajstić information content (AvgIpc) is 3.49. The van der Waals surface area contributed by atoms with Crippen molar-refractivity contribution < 1.29 is 27.6 Å². The summed E-state index contributed by atoms with van der Waals surface area (Å²) < 4.78 is 41.1. The predicted molar refractivity (Wildman–Crippen MR) is 172 cm³/mol. The van der Waals surface area contributed by atoms with Crippen molar-refractivity contribution in [2.24, 2.45) is 0 Å². The lowest BCUT2D eigenvalue weighted by atomic mass is 9.97. The highest BCUT2D eigenvalue weighted by Gasteiger charge is 2.32. The molecule has 3 amide bonds. The standard InChI is InChI=1S/C34H31F3N8O3/c1-43(33(48)23-6-3-2-4-7-23)20-27(46)44-16-5-8-24(19-44)31-42-28(29-30(38)40-15-17-45(29)31)21-9-11-22(12-10-21)32(47)41-26-18-25(13-14-39-26)34(35,36)37/h2-4,6-7,9-15,17-18,24H,5,8,16,19-20H2,1H3,(H2,38,40)(H,39,41,47). The van der Waals surface area contributed by atoms with Gasteiger partial charge in [-0.2, -0.15) is 13.2 Å². The third-order valence-electron chi connectivity index (χ3n) is 8.24. The van der Waals surface area contributed by atoms with E-state index in [0.717, 1.165) is 31.2 Å². The molecule has 0 spiro atoms. The van der Waals surface area contributed by atoms with E-state index in [1.807, 2.05) is 10.5 Å². The van der Waals surface area contributed by atoms with Crippen LogP contribution in [0.25, 0.3) is 16.8 Å². The van der Waals surface area contributed by atoms with Crippen LogP contribution in [0.2, 0.25) is 0 Å². The van der Waals surface area contributed by atoms with Gasteiger partial charge in [-0.15, -0.1) is 0 Å². The second-order valence-electron chi connectivity index (χ2n) is 11.5. The summed E-state index contributed by atoms with van der Waals surface area (Å²) in [5.41, 5.74) is 7.84. The fraction of sp³-hybridized carbons (Fsp3) is 0.235. The number of halogens is 3. The number of imidazole rings is 1. The Hall–Kier alpha value is -5.79. The first-order valence-electron chi connectivity index (χ1n) is 15.2. The summed E-state index contributed by atoms with van der Waals surface area (Å²) in [7, 11) is 1.61. The Bertz CT molecular complexity index is 1980. The predicted octanol–water partition coefficient (Wildman–Crippen LogP) is 5.12. The molecule has 0 radical (unpaired) electrons. The summed E-state index contributed by atoms with van der Waals surface area (Å²) in [6, 6.07) is 16.8. The Balaban J connectivity index is 1.20. The van der Waals surface area contributed by atoms with Gasteiger partial charge in [-0.25, -0.2) is 15.0 Å². The molecule has 5 aromatic rings. The van der Waals surface area contributed by atoms with E-state index in [2.05, 4.69) is 15.3 Å². The number of fused-ring (bicyclic) bond motifs is 1. The third-order valence-corrected chi connectivity index (χ3v) is 8.24. The molecule has 0 aliphatic carbocycles. The lowest BCUT2D eigenvalue weighted by Gasteiger charge is -2.33. The first-order chi connectivity index (χ1) is 23.0. The number of pyridine rings is 1. The highest BCUT2D eigenvalue weighted by Crippen LogP contribution is 2.34. The Morgan fingerprint density at radius 3 is 2.48 bits per heavy atom. The number of nitrogens with two attached hydrogens (primary N) is 1. The number of aromatic nitrogens is 4. The van der Waals surface area contributed by atoms with Crippen molar-refractivity contribution in [3.8, 4) is 11.3 Å². The molecule has 3 N–H and O–H groups in total. The van der Waals surface area contributed by atoms with Crippen LogP contribution < -0.4 is 11.1 Å². The number of piperidine rings is 1. The van der Waals surface area contributed by atoms with Crippen molar-refractivity contribution in [1.82, 2.24) is 29.2 Å². The number of alkyl halides is 3. The third kappa shape index (κ3) is 6.68. The van der Waals surface area contributed by atoms with Crippen LogP contribution >= 0.6 is 0 Å². The maximum absolute atomic E-state index is 13.3. The van der Waals surface area contributed by atoms with Crippen LogP contribution in [0.15, 0.2) is 85.3 Å². The molecule has 11 nitrogen and oxygen atoms in total. The van der Waals surface area contributed by atoms with Gasteiger partial charge >= 0.3 is 6.18 Å². The molecule has 246 valence electrons. The highest BCUT2D eigenvalue weighted by molar-refractivity contribution is 6.04. The average molecular weight is 657 g/mol. The summed E-state index contributed by atoms with van der Waals surface area (Å²) in [6.07, 6.45) is 1.25. The van der Waals surface area contributed by atoms with Crippen molar-refractivity contribution >= 4 is 34.9 Å². The van der Waals surface area contributed by atoms with Gasteiger partial charge in [0.25, 0.3) is 11.8 Å². The van der Waals surface area contributed by atoms with Gasteiger partial charge < -0.3 is 20.9 Å².